The summed E-state index contributed by atoms with van der Waals surface area (Å²) in [4.78, 5) is 28.8. The predicted octanol–water partition coefficient (Wildman–Crippen LogP) is 2.93. The summed E-state index contributed by atoms with van der Waals surface area (Å²) in [5, 5.41) is 3.28. The standard InChI is InChI=1S/C19H14ClN3O4/c20-13-2-4-14(5-3-13)22-18(24)9-23-10-21-15(8-19(23)25)12-1-6-16-17(7-12)27-11-26-16/h1-8,10H,9,11H2,(H,22,24). The molecule has 0 atom stereocenters. The van der Waals surface area contributed by atoms with E-state index >= 15 is 0 Å². The van der Waals surface area contributed by atoms with Gasteiger partial charge in [0.15, 0.2) is 11.5 Å². The molecule has 8 heteroatoms. The first-order valence-electron chi connectivity index (χ1n) is 8.10. The lowest BCUT2D eigenvalue weighted by Gasteiger charge is -2.08. The molecule has 1 amide bonds. The number of carbonyl (C=O) groups excluding carboxylic acids is 1. The van der Waals surface area contributed by atoms with Crippen molar-refractivity contribution in [3.8, 4) is 22.8 Å². The average Bonchev–Trinajstić information content (AvgIpc) is 3.13. The molecule has 4 rings (SSSR count). The topological polar surface area (TPSA) is 82.5 Å². The fraction of sp³-hybridized carbons (Fsp3) is 0.105. The number of halogens is 1. The summed E-state index contributed by atoms with van der Waals surface area (Å²) in [5.41, 5.74) is 1.49. The third kappa shape index (κ3) is 3.78. The summed E-state index contributed by atoms with van der Waals surface area (Å²) in [5.74, 6) is 0.934. The van der Waals surface area contributed by atoms with Gasteiger partial charge in [0.25, 0.3) is 5.56 Å². The van der Waals surface area contributed by atoms with E-state index < -0.39 is 0 Å². The van der Waals surface area contributed by atoms with Crippen LogP contribution in [0.5, 0.6) is 11.5 Å². The Kier molecular flexibility index (Phi) is 4.52. The number of anilines is 1. The summed E-state index contributed by atoms with van der Waals surface area (Å²) in [6.07, 6.45) is 1.35. The van der Waals surface area contributed by atoms with Crippen molar-refractivity contribution in [2.24, 2.45) is 0 Å². The first kappa shape index (κ1) is 17.1. The molecule has 0 saturated heterocycles. The first-order valence-corrected chi connectivity index (χ1v) is 8.48. The molecule has 2 heterocycles. The second kappa shape index (κ2) is 7.13. The Morgan fingerprint density at radius 1 is 1.11 bits per heavy atom. The molecule has 7 nitrogen and oxygen atoms in total. The van der Waals surface area contributed by atoms with Crippen LogP contribution in [0.2, 0.25) is 5.02 Å². The zero-order valence-electron chi connectivity index (χ0n) is 14.0. The van der Waals surface area contributed by atoms with Crippen LogP contribution >= 0.6 is 11.6 Å². The molecule has 0 spiro atoms. The van der Waals surface area contributed by atoms with Gasteiger partial charge in [0.05, 0.1) is 12.0 Å². The highest BCUT2D eigenvalue weighted by atomic mass is 35.5. The van der Waals surface area contributed by atoms with Crippen LogP contribution < -0.4 is 20.3 Å². The number of aromatic nitrogens is 2. The first-order chi connectivity index (χ1) is 13.1. The molecule has 0 unspecified atom stereocenters. The number of carbonyl (C=O) groups is 1. The number of benzene rings is 2. The largest absolute Gasteiger partial charge is 0.454 e. The smallest absolute Gasteiger partial charge is 0.254 e. The Hall–Kier alpha value is -3.32. The maximum Gasteiger partial charge on any atom is 0.254 e. The van der Waals surface area contributed by atoms with Crippen molar-refractivity contribution < 1.29 is 14.3 Å². The normalized spacial score (nSPS) is 12.0. The Bertz CT molecular complexity index is 1060. The van der Waals surface area contributed by atoms with Gasteiger partial charge in [0, 0.05) is 22.3 Å². The number of nitrogens with zero attached hydrogens (tertiary/aromatic N) is 2. The summed E-state index contributed by atoms with van der Waals surface area (Å²) in [6, 6.07) is 13.4. The lowest BCUT2D eigenvalue weighted by Crippen LogP contribution is -2.27. The second-order valence-electron chi connectivity index (χ2n) is 5.86. The molecule has 0 saturated carbocycles. The van der Waals surface area contributed by atoms with Crippen LogP contribution in [0.15, 0.2) is 59.7 Å². The number of amides is 1. The molecule has 0 radical (unpaired) electrons. The molecule has 1 aromatic heterocycles. The molecular formula is C19H14ClN3O4. The van der Waals surface area contributed by atoms with E-state index in [1.807, 2.05) is 0 Å². The fourth-order valence-electron chi connectivity index (χ4n) is 2.65. The Morgan fingerprint density at radius 3 is 2.67 bits per heavy atom. The van der Waals surface area contributed by atoms with E-state index in [0.29, 0.717) is 27.9 Å². The van der Waals surface area contributed by atoms with E-state index in [9.17, 15) is 9.59 Å². The number of rotatable bonds is 4. The van der Waals surface area contributed by atoms with Crippen LogP contribution in [0.25, 0.3) is 11.3 Å². The van der Waals surface area contributed by atoms with E-state index in [-0.39, 0.29) is 24.8 Å². The molecule has 3 aromatic rings. The number of nitrogens with one attached hydrogen (secondary N) is 1. The van der Waals surface area contributed by atoms with Crippen molar-refractivity contribution in [2.45, 2.75) is 6.54 Å². The molecule has 1 N–H and O–H groups in total. The quantitative estimate of drug-likeness (QED) is 0.749. The lowest BCUT2D eigenvalue weighted by molar-refractivity contribution is -0.116. The number of hydrogen-bond acceptors (Lipinski definition) is 5. The van der Waals surface area contributed by atoms with Crippen molar-refractivity contribution in [1.82, 2.24) is 9.55 Å². The van der Waals surface area contributed by atoms with Crippen LogP contribution in [-0.2, 0) is 11.3 Å². The molecule has 0 fully saturated rings. The van der Waals surface area contributed by atoms with E-state index in [2.05, 4.69) is 10.3 Å². The van der Waals surface area contributed by atoms with Gasteiger partial charge in [-0.3, -0.25) is 14.2 Å². The van der Waals surface area contributed by atoms with Gasteiger partial charge in [0.2, 0.25) is 12.7 Å². The van der Waals surface area contributed by atoms with Crippen LogP contribution in [-0.4, -0.2) is 22.3 Å². The lowest BCUT2D eigenvalue weighted by atomic mass is 10.1. The number of ether oxygens (including phenoxy) is 2. The van der Waals surface area contributed by atoms with Gasteiger partial charge >= 0.3 is 0 Å². The molecular weight excluding hydrogens is 370 g/mol. The SMILES string of the molecule is O=C(Cn1cnc(-c2ccc3c(c2)OCO3)cc1=O)Nc1ccc(Cl)cc1. The highest BCUT2D eigenvalue weighted by molar-refractivity contribution is 6.30. The van der Waals surface area contributed by atoms with Gasteiger partial charge in [-0.25, -0.2) is 4.98 Å². The summed E-state index contributed by atoms with van der Waals surface area (Å²) in [6.45, 7) is 0.0341. The van der Waals surface area contributed by atoms with E-state index in [4.69, 9.17) is 21.1 Å². The molecule has 0 aliphatic carbocycles. The summed E-state index contributed by atoms with van der Waals surface area (Å²) < 4.78 is 11.8. The molecule has 136 valence electrons. The van der Waals surface area contributed by atoms with Crippen LogP contribution in [0, 0.1) is 0 Å². The minimum absolute atomic E-state index is 0.143. The van der Waals surface area contributed by atoms with Gasteiger partial charge in [0.1, 0.15) is 6.54 Å². The zero-order valence-corrected chi connectivity index (χ0v) is 14.8. The van der Waals surface area contributed by atoms with Gasteiger partial charge < -0.3 is 14.8 Å². The van der Waals surface area contributed by atoms with Gasteiger partial charge in [-0.2, -0.15) is 0 Å². The van der Waals surface area contributed by atoms with Crippen LogP contribution in [0.3, 0.4) is 0 Å². The Balaban J connectivity index is 1.49. The monoisotopic (exact) mass is 383 g/mol. The Labute approximate surface area is 159 Å². The molecule has 2 aromatic carbocycles. The minimum atomic E-state index is -0.336. The van der Waals surface area contributed by atoms with Crippen LogP contribution in [0.1, 0.15) is 0 Å². The van der Waals surface area contributed by atoms with Crippen LogP contribution in [0.4, 0.5) is 5.69 Å². The molecule has 1 aliphatic rings. The third-order valence-corrected chi connectivity index (χ3v) is 4.24. The van der Waals surface area contributed by atoms with Gasteiger partial charge in [-0.05, 0) is 42.5 Å². The van der Waals surface area contributed by atoms with E-state index in [0.717, 1.165) is 5.56 Å². The second-order valence-corrected chi connectivity index (χ2v) is 6.30. The molecule has 27 heavy (non-hydrogen) atoms. The predicted molar refractivity (Wildman–Crippen MR) is 100 cm³/mol. The van der Waals surface area contributed by atoms with E-state index in [1.54, 1.807) is 42.5 Å². The minimum Gasteiger partial charge on any atom is -0.454 e. The zero-order chi connectivity index (χ0) is 18.8. The summed E-state index contributed by atoms with van der Waals surface area (Å²) in [7, 11) is 0. The maximum atomic E-state index is 12.3. The van der Waals surface area contributed by atoms with Crippen molar-refractivity contribution >= 4 is 23.2 Å². The molecule has 0 bridgehead atoms. The molecule has 1 aliphatic heterocycles. The van der Waals surface area contributed by atoms with E-state index in [1.165, 1.54) is 17.0 Å². The van der Waals surface area contributed by atoms with Crippen molar-refractivity contribution in [1.29, 1.82) is 0 Å². The Morgan fingerprint density at radius 2 is 1.89 bits per heavy atom. The van der Waals surface area contributed by atoms with Gasteiger partial charge in [-0.1, -0.05) is 11.6 Å². The fourth-order valence-corrected chi connectivity index (χ4v) is 2.77. The third-order valence-electron chi connectivity index (χ3n) is 3.99. The van der Waals surface area contributed by atoms with Crippen molar-refractivity contribution in [3.63, 3.8) is 0 Å². The van der Waals surface area contributed by atoms with Gasteiger partial charge in [-0.15, -0.1) is 0 Å². The highest BCUT2D eigenvalue weighted by Gasteiger charge is 2.15. The van der Waals surface area contributed by atoms with Crippen molar-refractivity contribution in [3.05, 3.63) is 70.2 Å². The summed E-state index contributed by atoms with van der Waals surface area (Å²) >= 11 is 5.81. The number of hydrogen-bond donors (Lipinski definition) is 1. The average molecular weight is 384 g/mol. The van der Waals surface area contributed by atoms with Crippen molar-refractivity contribution in [2.75, 3.05) is 12.1 Å². The maximum absolute atomic E-state index is 12.3. The number of fused-ring (bicyclic) bond motifs is 1. The highest BCUT2D eigenvalue weighted by Crippen LogP contribution is 2.35.